The van der Waals surface area contributed by atoms with Crippen LogP contribution in [0.4, 0.5) is 4.79 Å². The van der Waals surface area contributed by atoms with E-state index in [-0.39, 0.29) is 18.7 Å². The van der Waals surface area contributed by atoms with Crippen LogP contribution in [0.3, 0.4) is 0 Å². The van der Waals surface area contributed by atoms with Crippen LogP contribution in [-0.4, -0.2) is 46.9 Å². The molecule has 1 atom stereocenters. The molecule has 8 heteroatoms. The number of hydrogen-bond acceptors (Lipinski definition) is 5. The molecule has 1 aliphatic rings. The zero-order valence-corrected chi connectivity index (χ0v) is 15.5. The number of rotatable bonds is 6. The maximum atomic E-state index is 12.4. The van der Waals surface area contributed by atoms with Crippen molar-refractivity contribution in [3.05, 3.63) is 35.2 Å². The molecule has 7 nitrogen and oxygen atoms in total. The van der Waals surface area contributed by atoms with Crippen LogP contribution in [0.5, 0.6) is 0 Å². The van der Waals surface area contributed by atoms with E-state index in [9.17, 15) is 4.79 Å². The summed E-state index contributed by atoms with van der Waals surface area (Å²) in [4.78, 5) is 18.4. The number of benzene rings is 1. The Morgan fingerprint density at radius 1 is 1.46 bits per heavy atom. The first kappa shape index (κ1) is 18.7. The van der Waals surface area contributed by atoms with E-state index in [2.05, 4.69) is 22.4 Å². The Kier molecular flexibility index (Phi) is 6.46. The normalized spacial score (nSPS) is 17.3. The molecule has 3 rings (SSSR count). The van der Waals surface area contributed by atoms with Gasteiger partial charge in [-0.2, -0.15) is 4.98 Å². The van der Waals surface area contributed by atoms with Crippen molar-refractivity contribution in [2.75, 3.05) is 19.7 Å². The molecule has 1 unspecified atom stereocenters. The number of piperidine rings is 1. The Balaban J connectivity index is 1.53. The van der Waals surface area contributed by atoms with Crippen molar-refractivity contribution in [2.24, 2.45) is 0 Å². The summed E-state index contributed by atoms with van der Waals surface area (Å²) in [6.07, 6.45) is 3.03. The molecule has 2 aromatic rings. The number of urea groups is 1. The van der Waals surface area contributed by atoms with Gasteiger partial charge in [-0.1, -0.05) is 35.8 Å². The van der Waals surface area contributed by atoms with Gasteiger partial charge in [0.25, 0.3) is 0 Å². The Morgan fingerprint density at radius 3 is 3.12 bits per heavy atom. The number of likely N-dealkylation sites (tertiary alicyclic amines) is 1. The zero-order chi connectivity index (χ0) is 18.4. The van der Waals surface area contributed by atoms with E-state index in [1.807, 2.05) is 18.2 Å². The van der Waals surface area contributed by atoms with Gasteiger partial charge in [-0.15, -0.1) is 0 Å². The predicted octanol–water partition coefficient (Wildman–Crippen LogP) is 3.49. The van der Waals surface area contributed by atoms with E-state index in [0.29, 0.717) is 28.8 Å². The number of amides is 2. The summed E-state index contributed by atoms with van der Waals surface area (Å²) in [7, 11) is 0. The van der Waals surface area contributed by atoms with Gasteiger partial charge in [0.15, 0.2) is 0 Å². The van der Waals surface area contributed by atoms with Gasteiger partial charge in [0, 0.05) is 25.3 Å². The Hall–Kier alpha value is -2.12. The van der Waals surface area contributed by atoms with Crippen molar-refractivity contribution < 1.29 is 14.1 Å². The lowest BCUT2D eigenvalue weighted by Gasteiger charge is -2.32. The Morgan fingerprint density at radius 2 is 2.31 bits per heavy atom. The first-order valence-corrected chi connectivity index (χ1v) is 9.27. The highest BCUT2D eigenvalue weighted by molar-refractivity contribution is 6.33. The van der Waals surface area contributed by atoms with Crippen LogP contribution < -0.4 is 5.32 Å². The van der Waals surface area contributed by atoms with Crippen LogP contribution in [0, 0.1) is 0 Å². The summed E-state index contributed by atoms with van der Waals surface area (Å²) in [6, 6.07) is 7.13. The second-order valence-corrected chi connectivity index (χ2v) is 6.64. The summed E-state index contributed by atoms with van der Waals surface area (Å²) in [6.45, 7) is 4.32. The molecule has 140 valence electrons. The highest BCUT2D eigenvalue weighted by Gasteiger charge is 2.24. The van der Waals surface area contributed by atoms with Gasteiger partial charge in [-0.25, -0.2) is 4.79 Å². The molecule has 0 bridgehead atoms. The van der Waals surface area contributed by atoms with Crippen LogP contribution in [0.25, 0.3) is 11.4 Å². The van der Waals surface area contributed by atoms with E-state index in [4.69, 9.17) is 20.9 Å². The summed E-state index contributed by atoms with van der Waals surface area (Å²) in [5.74, 6) is 0.745. The van der Waals surface area contributed by atoms with Crippen LogP contribution in [0.15, 0.2) is 28.8 Å². The van der Waals surface area contributed by atoms with Crippen molar-refractivity contribution in [3.63, 3.8) is 0 Å². The highest BCUT2D eigenvalue weighted by atomic mass is 35.5. The van der Waals surface area contributed by atoms with E-state index in [1.54, 1.807) is 11.0 Å². The SMILES string of the molecule is CCCOC1CCCN(C(=O)NCc2nc(-c3ccccc3Cl)no2)C1. The molecule has 1 N–H and O–H groups in total. The monoisotopic (exact) mass is 378 g/mol. The maximum absolute atomic E-state index is 12.4. The van der Waals surface area contributed by atoms with E-state index >= 15 is 0 Å². The Bertz CT molecular complexity index is 737. The molecular formula is C18H23ClN4O3. The largest absolute Gasteiger partial charge is 0.376 e. The first-order valence-electron chi connectivity index (χ1n) is 8.89. The third-order valence-corrected chi connectivity index (χ3v) is 4.53. The summed E-state index contributed by atoms with van der Waals surface area (Å²) in [5.41, 5.74) is 0.697. The Labute approximate surface area is 157 Å². The topological polar surface area (TPSA) is 80.5 Å². The minimum atomic E-state index is -0.146. The average molecular weight is 379 g/mol. The molecule has 1 aromatic heterocycles. The van der Waals surface area contributed by atoms with Crippen molar-refractivity contribution >= 4 is 17.6 Å². The molecule has 1 aliphatic heterocycles. The average Bonchev–Trinajstić information content (AvgIpc) is 3.14. The number of hydrogen-bond donors (Lipinski definition) is 1. The van der Waals surface area contributed by atoms with E-state index in [0.717, 1.165) is 32.4 Å². The van der Waals surface area contributed by atoms with Gasteiger partial charge in [0.1, 0.15) is 0 Å². The van der Waals surface area contributed by atoms with Gasteiger partial charge in [-0.05, 0) is 31.4 Å². The standard InChI is InChI=1S/C18H23ClN4O3/c1-2-10-25-13-6-5-9-23(12-13)18(24)20-11-16-21-17(22-26-16)14-7-3-4-8-15(14)19/h3-4,7-8,13H,2,5-6,9-12H2,1H3,(H,20,24). The van der Waals surface area contributed by atoms with Gasteiger partial charge in [0.05, 0.1) is 17.7 Å². The molecule has 1 saturated heterocycles. The van der Waals surface area contributed by atoms with Gasteiger partial charge < -0.3 is 19.5 Å². The molecular weight excluding hydrogens is 356 g/mol. The number of ether oxygens (including phenoxy) is 1. The predicted molar refractivity (Wildman–Crippen MR) is 97.8 cm³/mol. The van der Waals surface area contributed by atoms with Crippen molar-refractivity contribution in [1.29, 1.82) is 0 Å². The fourth-order valence-corrected chi connectivity index (χ4v) is 3.11. The van der Waals surface area contributed by atoms with E-state index in [1.165, 1.54) is 0 Å². The van der Waals surface area contributed by atoms with Crippen LogP contribution in [-0.2, 0) is 11.3 Å². The van der Waals surface area contributed by atoms with Crippen molar-refractivity contribution in [3.8, 4) is 11.4 Å². The second kappa shape index (κ2) is 9.00. The summed E-state index contributed by atoms with van der Waals surface area (Å²) in [5, 5.41) is 7.31. The third kappa shape index (κ3) is 4.74. The molecule has 2 heterocycles. The van der Waals surface area contributed by atoms with Crippen molar-refractivity contribution in [1.82, 2.24) is 20.4 Å². The summed E-state index contributed by atoms with van der Waals surface area (Å²) < 4.78 is 11.0. The number of carbonyl (C=O) groups is 1. The molecule has 0 radical (unpaired) electrons. The molecule has 1 fully saturated rings. The number of nitrogens with zero attached hydrogens (tertiary/aromatic N) is 3. The first-order chi connectivity index (χ1) is 12.7. The van der Waals surface area contributed by atoms with Crippen LogP contribution in [0.1, 0.15) is 32.1 Å². The number of aromatic nitrogens is 2. The molecule has 0 spiro atoms. The van der Waals surface area contributed by atoms with Crippen LogP contribution in [0.2, 0.25) is 5.02 Å². The molecule has 0 saturated carbocycles. The van der Waals surface area contributed by atoms with Gasteiger partial charge in [-0.3, -0.25) is 0 Å². The quantitative estimate of drug-likeness (QED) is 0.832. The third-order valence-electron chi connectivity index (χ3n) is 4.20. The minimum Gasteiger partial charge on any atom is -0.376 e. The maximum Gasteiger partial charge on any atom is 0.317 e. The molecule has 2 amide bonds. The molecule has 1 aromatic carbocycles. The van der Waals surface area contributed by atoms with E-state index < -0.39 is 0 Å². The highest BCUT2D eigenvalue weighted by Crippen LogP contribution is 2.24. The fraction of sp³-hybridized carbons (Fsp3) is 0.500. The van der Waals surface area contributed by atoms with Crippen LogP contribution >= 0.6 is 11.6 Å². The molecule has 26 heavy (non-hydrogen) atoms. The number of halogens is 1. The smallest absolute Gasteiger partial charge is 0.317 e. The van der Waals surface area contributed by atoms with Gasteiger partial charge in [0.2, 0.25) is 11.7 Å². The number of carbonyl (C=O) groups excluding carboxylic acids is 1. The lowest BCUT2D eigenvalue weighted by molar-refractivity contribution is 0.00995. The lowest BCUT2D eigenvalue weighted by atomic mass is 10.1. The van der Waals surface area contributed by atoms with Crippen molar-refractivity contribution in [2.45, 2.75) is 38.8 Å². The lowest BCUT2D eigenvalue weighted by Crippen LogP contribution is -2.47. The summed E-state index contributed by atoms with van der Waals surface area (Å²) >= 11 is 6.14. The minimum absolute atomic E-state index is 0.115. The molecule has 0 aliphatic carbocycles. The zero-order valence-electron chi connectivity index (χ0n) is 14.8. The van der Waals surface area contributed by atoms with Gasteiger partial charge >= 0.3 is 6.03 Å². The fourth-order valence-electron chi connectivity index (χ4n) is 2.88. The second-order valence-electron chi connectivity index (χ2n) is 6.23. The number of nitrogens with one attached hydrogen (secondary N) is 1.